The van der Waals surface area contributed by atoms with E-state index in [9.17, 15) is 13.2 Å². The predicted molar refractivity (Wildman–Crippen MR) is 112 cm³/mol. The van der Waals surface area contributed by atoms with E-state index < -0.39 is 11.7 Å². The fourth-order valence-corrected chi connectivity index (χ4v) is 3.66. The van der Waals surface area contributed by atoms with Crippen molar-refractivity contribution in [1.29, 1.82) is 0 Å². The van der Waals surface area contributed by atoms with E-state index in [0.717, 1.165) is 51.3 Å². The van der Waals surface area contributed by atoms with E-state index in [-0.39, 0.29) is 11.8 Å². The molecule has 0 amide bonds. The molecule has 11 heteroatoms. The highest BCUT2D eigenvalue weighted by Gasteiger charge is 2.31. The van der Waals surface area contributed by atoms with Gasteiger partial charge in [0.2, 0.25) is 5.95 Å². The second kappa shape index (κ2) is 8.67. The zero-order chi connectivity index (χ0) is 22.0. The average Bonchev–Trinajstić information content (AvgIpc) is 3.17. The number of nitrogens with zero attached hydrogens (tertiary/aromatic N) is 7. The number of halogens is 3. The highest BCUT2D eigenvalue weighted by atomic mass is 19.4. The van der Waals surface area contributed by atoms with E-state index in [1.807, 2.05) is 0 Å². The van der Waals surface area contributed by atoms with Crippen LogP contribution in [0.5, 0.6) is 0 Å². The van der Waals surface area contributed by atoms with Crippen LogP contribution in [0.25, 0.3) is 5.65 Å². The third-order valence-corrected chi connectivity index (χ3v) is 5.45. The summed E-state index contributed by atoms with van der Waals surface area (Å²) in [6.45, 7) is 5.30. The van der Waals surface area contributed by atoms with Crippen LogP contribution in [0.2, 0.25) is 0 Å². The molecular weight excluding hydrogens is 409 g/mol. The quantitative estimate of drug-likeness (QED) is 0.639. The van der Waals surface area contributed by atoms with Crippen LogP contribution in [-0.4, -0.2) is 75.7 Å². The Morgan fingerprint density at radius 2 is 1.94 bits per heavy atom. The summed E-state index contributed by atoms with van der Waals surface area (Å²) in [4.78, 5) is 14.8. The van der Waals surface area contributed by atoms with Gasteiger partial charge < -0.3 is 20.4 Å². The number of hydrogen-bond donors (Lipinski definition) is 1. The molecule has 1 fully saturated rings. The summed E-state index contributed by atoms with van der Waals surface area (Å²) in [5, 5.41) is 4.43. The number of benzene rings is 1. The van der Waals surface area contributed by atoms with Gasteiger partial charge in [0.05, 0.1) is 5.56 Å². The second-order valence-electron chi connectivity index (χ2n) is 7.69. The SMILES string of the molecule is CN1CCN(CCCN(c2cccc(C(F)(F)F)c2)c2nc3c(N)nccn3n2)CC1. The number of fused-ring (bicyclic) bond motifs is 1. The van der Waals surface area contributed by atoms with Crippen molar-refractivity contribution >= 4 is 23.1 Å². The van der Waals surface area contributed by atoms with Crippen molar-refractivity contribution in [1.82, 2.24) is 29.4 Å². The Labute approximate surface area is 178 Å². The van der Waals surface area contributed by atoms with Gasteiger partial charge in [0.25, 0.3) is 0 Å². The summed E-state index contributed by atoms with van der Waals surface area (Å²) >= 11 is 0. The van der Waals surface area contributed by atoms with Crippen LogP contribution in [0.4, 0.5) is 30.6 Å². The molecule has 0 bridgehead atoms. The third kappa shape index (κ3) is 4.88. The molecular formula is C20H25F3N8. The maximum Gasteiger partial charge on any atom is 0.416 e. The van der Waals surface area contributed by atoms with Gasteiger partial charge in [0.1, 0.15) is 0 Å². The summed E-state index contributed by atoms with van der Waals surface area (Å²) in [5.74, 6) is 0.500. The fraction of sp³-hybridized carbons (Fsp3) is 0.450. The minimum Gasteiger partial charge on any atom is -0.381 e. The first-order valence-corrected chi connectivity index (χ1v) is 10.1. The molecule has 1 aliphatic heterocycles. The molecule has 2 aromatic heterocycles. The Kier molecular flexibility index (Phi) is 5.96. The number of aromatic nitrogens is 4. The van der Waals surface area contributed by atoms with Crippen molar-refractivity contribution in [3.05, 3.63) is 42.2 Å². The monoisotopic (exact) mass is 434 g/mol. The first kappa shape index (κ1) is 21.3. The van der Waals surface area contributed by atoms with Gasteiger partial charge in [-0.2, -0.15) is 18.2 Å². The molecule has 2 N–H and O–H groups in total. The molecule has 1 saturated heterocycles. The molecule has 0 radical (unpaired) electrons. The van der Waals surface area contributed by atoms with Gasteiger partial charge in [0.15, 0.2) is 11.5 Å². The number of alkyl halides is 3. The van der Waals surface area contributed by atoms with Crippen LogP contribution >= 0.6 is 0 Å². The molecule has 1 aromatic carbocycles. The van der Waals surface area contributed by atoms with Crippen molar-refractivity contribution in [3.63, 3.8) is 0 Å². The van der Waals surface area contributed by atoms with Crippen LogP contribution in [0.3, 0.4) is 0 Å². The second-order valence-corrected chi connectivity index (χ2v) is 7.69. The molecule has 0 spiro atoms. The first-order chi connectivity index (χ1) is 14.8. The van der Waals surface area contributed by atoms with Crippen LogP contribution in [-0.2, 0) is 6.18 Å². The number of piperazine rings is 1. The van der Waals surface area contributed by atoms with Gasteiger partial charge in [0, 0.05) is 50.8 Å². The molecule has 3 aromatic rings. The van der Waals surface area contributed by atoms with E-state index in [0.29, 0.717) is 17.9 Å². The predicted octanol–water partition coefficient (Wildman–Crippen LogP) is 2.50. The number of likely N-dealkylation sites (N-methyl/N-ethyl adjacent to an activating group) is 1. The van der Waals surface area contributed by atoms with Gasteiger partial charge in [-0.05, 0) is 38.2 Å². The molecule has 0 aliphatic carbocycles. The number of nitrogen functional groups attached to an aromatic ring is 1. The molecule has 0 saturated carbocycles. The average molecular weight is 434 g/mol. The zero-order valence-corrected chi connectivity index (χ0v) is 17.3. The Bertz CT molecular complexity index is 1030. The standard InChI is InChI=1S/C20H25F3N8/c1-28-10-12-29(13-11-28)7-3-8-30(16-5-2-4-15(14-16)20(21,22)23)19-26-18-17(24)25-6-9-31(18)27-19/h2,4-6,9,14H,3,7-8,10-13H2,1H3,(H2,24,25). The fourth-order valence-electron chi connectivity index (χ4n) is 3.66. The third-order valence-electron chi connectivity index (χ3n) is 5.45. The number of rotatable bonds is 6. The van der Waals surface area contributed by atoms with E-state index in [4.69, 9.17) is 5.73 Å². The Morgan fingerprint density at radius 1 is 1.16 bits per heavy atom. The lowest BCUT2D eigenvalue weighted by molar-refractivity contribution is -0.137. The molecule has 1 aliphatic rings. The van der Waals surface area contributed by atoms with Crippen molar-refractivity contribution in [2.45, 2.75) is 12.6 Å². The lowest BCUT2D eigenvalue weighted by Crippen LogP contribution is -2.45. The Balaban J connectivity index is 1.59. The molecule has 31 heavy (non-hydrogen) atoms. The lowest BCUT2D eigenvalue weighted by atomic mass is 10.1. The lowest BCUT2D eigenvalue weighted by Gasteiger charge is -2.32. The van der Waals surface area contributed by atoms with Gasteiger partial charge >= 0.3 is 6.18 Å². The minimum atomic E-state index is -4.43. The summed E-state index contributed by atoms with van der Waals surface area (Å²) < 4.78 is 41.4. The molecule has 166 valence electrons. The molecule has 0 atom stereocenters. The highest BCUT2D eigenvalue weighted by molar-refractivity contribution is 5.65. The van der Waals surface area contributed by atoms with Crippen molar-refractivity contribution in [2.24, 2.45) is 0 Å². The Hall–Kier alpha value is -2.92. The molecule has 8 nitrogen and oxygen atoms in total. The maximum absolute atomic E-state index is 13.3. The molecule has 0 unspecified atom stereocenters. The Morgan fingerprint density at radius 3 is 2.65 bits per heavy atom. The number of nitrogens with two attached hydrogens (primary N) is 1. The maximum atomic E-state index is 13.3. The highest BCUT2D eigenvalue weighted by Crippen LogP contribution is 2.33. The van der Waals surface area contributed by atoms with Crippen molar-refractivity contribution in [2.75, 3.05) is 56.9 Å². The summed E-state index contributed by atoms with van der Waals surface area (Å²) in [5.41, 5.74) is 5.93. The van der Waals surface area contributed by atoms with Crippen molar-refractivity contribution < 1.29 is 13.2 Å². The van der Waals surface area contributed by atoms with Gasteiger partial charge in [-0.3, -0.25) is 0 Å². The largest absolute Gasteiger partial charge is 0.416 e. The first-order valence-electron chi connectivity index (χ1n) is 10.1. The van der Waals surface area contributed by atoms with Crippen LogP contribution < -0.4 is 10.6 Å². The van der Waals surface area contributed by atoms with Gasteiger partial charge in [-0.15, -0.1) is 5.10 Å². The van der Waals surface area contributed by atoms with Gasteiger partial charge in [-0.25, -0.2) is 9.50 Å². The van der Waals surface area contributed by atoms with Gasteiger partial charge in [-0.1, -0.05) is 6.07 Å². The van der Waals surface area contributed by atoms with E-state index in [1.54, 1.807) is 17.2 Å². The number of hydrogen-bond acceptors (Lipinski definition) is 7. The number of anilines is 3. The smallest absolute Gasteiger partial charge is 0.381 e. The summed E-state index contributed by atoms with van der Waals surface area (Å²) in [6, 6.07) is 5.23. The van der Waals surface area contributed by atoms with E-state index in [2.05, 4.69) is 31.9 Å². The van der Waals surface area contributed by atoms with E-state index in [1.165, 1.54) is 16.8 Å². The minimum absolute atomic E-state index is 0.211. The van der Waals surface area contributed by atoms with Crippen LogP contribution in [0, 0.1) is 0 Å². The topological polar surface area (TPSA) is 78.8 Å². The van der Waals surface area contributed by atoms with Crippen molar-refractivity contribution in [3.8, 4) is 0 Å². The molecule has 3 heterocycles. The van der Waals surface area contributed by atoms with E-state index >= 15 is 0 Å². The summed E-state index contributed by atoms with van der Waals surface area (Å²) in [6.07, 6.45) is -0.565. The summed E-state index contributed by atoms with van der Waals surface area (Å²) in [7, 11) is 2.10. The molecule has 4 rings (SSSR count). The van der Waals surface area contributed by atoms with Crippen LogP contribution in [0.1, 0.15) is 12.0 Å². The zero-order valence-electron chi connectivity index (χ0n) is 17.3. The van der Waals surface area contributed by atoms with Crippen LogP contribution in [0.15, 0.2) is 36.7 Å². The normalized spacial score (nSPS) is 16.1.